The van der Waals surface area contributed by atoms with Crippen molar-refractivity contribution in [2.45, 2.75) is 19.4 Å². The highest BCUT2D eigenvalue weighted by Gasteiger charge is 2.09. The number of carbonyl (C=O) groups excluding carboxylic acids is 1. The standard InChI is InChI=1S/C21H24N4O2S/c1-15(17-8-10-28-14-17)12-23-21(22-2)24-13-16-5-3-6-18(11-16)25-20(26)19-7-4-9-27-19/h3-11,14-15H,12-13H2,1-2H3,(H,25,26)(H2,22,23,24). The van der Waals surface area contributed by atoms with Crippen LogP contribution in [0.3, 0.4) is 0 Å². The molecule has 0 fully saturated rings. The first kappa shape index (κ1) is 19.7. The van der Waals surface area contributed by atoms with Crippen LogP contribution in [0.4, 0.5) is 5.69 Å². The van der Waals surface area contributed by atoms with Crippen LogP contribution < -0.4 is 16.0 Å². The molecule has 0 aliphatic rings. The zero-order valence-electron chi connectivity index (χ0n) is 15.9. The second-order valence-electron chi connectivity index (χ2n) is 6.40. The van der Waals surface area contributed by atoms with E-state index in [1.165, 1.54) is 11.8 Å². The van der Waals surface area contributed by atoms with Crippen molar-refractivity contribution in [3.05, 3.63) is 76.4 Å². The Morgan fingerprint density at radius 1 is 1.21 bits per heavy atom. The fourth-order valence-corrected chi connectivity index (χ4v) is 3.47. The molecule has 146 valence electrons. The average molecular weight is 397 g/mol. The van der Waals surface area contributed by atoms with E-state index in [1.807, 2.05) is 24.3 Å². The summed E-state index contributed by atoms with van der Waals surface area (Å²) in [6.07, 6.45) is 1.48. The first-order chi connectivity index (χ1) is 13.7. The van der Waals surface area contributed by atoms with Gasteiger partial charge in [-0.2, -0.15) is 11.3 Å². The van der Waals surface area contributed by atoms with Gasteiger partial charge in [-0.25, -0.2) is 0 Å². The monoisotopic (exact) mass is 396 g/mol. The van der Waals surface area contributed by atoms with E-state index in [0.29, 0.717) is 12.5 Å². The zero-order valence-corrected chi connectivity index (χ0v) is 16.8. The van der Waals surface area contributed by atoms with E-state index >= 15 is 0 Å². The van der Waals surface area contributed by atoms with Crippen LogP contribution in [0.15, 0.2) is 68.9 Å². The van der Waals surface area contributed by atoms with E-state index in [-0.39, 0.29) is 11.7 Å². The maximum atomic E-state index is 12.1. The molecule has 0 aliphatic heterocycles. The lowest BCUT2D eigenvalue weighted by Crippen LogP contribution is -2.38. The lowest BCUT2D eigenvalue weighted by atomic mass is 10.1. The minimum Gasteiger partial charge on any atom is -0.459 e. The van der Waals surface area contributed by atoms with Gasteiger partial charge >= 0.3 is 0 Å². The van der Waals surface area contributed by atoms with Crippen molar-refractivity contribution in [2.24, 2.45) is 4.99 Å². The predicted molar refractivity (Wildman–Crippen MR) is 114 cm³/mol. The molecule has 28 heavy (non-hydrogen) atoms. The van der Waals surface area contributed by atoms with E-state index in [4.69, 9.17) is 4.42 Å². The van der Waals surface area contributed by atoms with E-state index < -0.39 is 0 Å². The second kappa shape index (κ2) is 9.75. The molecule has 1 atom stereocenters. The van der Waals surface area contributed by atoms with Gasteiger partial charge in [-0.1, -0.05) is 19.1 Å². The van der Waals surface area contributed by atoms with Gasteiger partial charge in [-0.15, -0.1) is 0 Å². The molecule has 3 N–H and O–H groups in total. The Hall–Kier alpha value is -3.06. The van der Waals surface area contributed by atoms with E-state index in [1.54, 1.807) is 30.5 Å². The van der Waals surface area contributed by atoms with Crippen molar-refractivity contribution >= 4 is 28.9 Å². The highest BCUT2D eigenvalue weighted by atomic mass is 32.1. The topological polar surface area (TPSA) is 78.7 Å². The normalized spacial score (nSPS) is 12.4. The molecular formula is C21H24N4O2S. The summed E-state index contributed by atoms with van der Waals surface area (Å²) in [6.45, 7) is 3.58. The molecule has 0 radical (unpaired) electrons. The van der Waals surface area contributed by atoms with Crippen LogP contribution in [-0.2, 0) is 6.54 Å². The Bertz CT molecular complexity index is 904. The lowest BCUT2D eigenvalue weighted by Gasteiger charge is -2.16. The molecule has 2 aromatic heterocycles. The van der Waals surface area contributed by atoms with Crippen LogP contribution in [-0.4, -0.2) is 25.5 Å². The number of hydrogen-bond acceptors (Lipinski definition) is 4. The molecule has 0 saturated heterocycles. The molecule has 3 aromatic rings. The van der Waals surface area contributed by atoms with Gasteiger partial charge in [0.2, 0.25) is 0 Å². The van der Waals surface area contributed by atoms with Gasteiger partial charge in [0.05, 0.1) is 6.26 Å². The van der Waals surface area contributed by atoms with Crippen molar-refractivity contribution in [3.63, 3.8) is 0 Å². The summed E-state index contributed by atoms with van der Waals surface area (Å²) in [6, 6.07) is 13.1. The van der Waals surface area contributed by atoms with E-state index in [2.05, 4.69) is 44.7 Å². The third kappa shape index (κ3) is 5.47. The number of aliphatic imine (C=N–C) groups is 1. The van der Waals surface area contributed by atoms with Crippen LogP contribution in [0, 0.1) is 0 Å². The quantitative estimate of drug-likeness (QED) is 0.416. The SMILES string of the molecule is CN=C(NCc1cccc(NC(=O)c2ccco2)c1)NCC(C)c1ccsc1. The number of guanidine groups is 1. The fraction of sp³-hybridized carbons (Fsp3) is 0.238. The molecule has 6 nitrogen and oxygen atoms in total. The van der Waals surface area contributed by atoms with Gasteiger partial charge in [0.25, 0.3) is 5.91 Å². The smallest absolute Gasteiger partial charge is 0.291 e. The summed E-state index contributed by atoms with van der Waals surface area (Å²) in [5.74, 6) is 1.17. The Labute approximate surface area is 168 Å². The number of thiophene rings is 1. The van der Waals surface area contributed by atoms with Gasteiger partial charge in [0, 0.05) is 25.8 Å². The molecule has 3 rings (SSSR count). The number of nitrogens with zero attached hydrogens (tertiary/aromatic N) is 1. The van der Waals surface area contributed by atoms with Crippen LogP contribution in [0.5, 0.6) is 0 Å². The number of nitrogens with one attached hydrogen (secondary N) is 3. The molecule has 7 heteroatoms. The third-order valence-corrected chi connectivity index (χ3v) is 5.00. The molecule has 0 aliphatic carbocycles. The van der Waals surface area contributed by atoms with Gasteiger partial charge in [-0.05, 0) is 58.1 Å². The number of benzene rings is 1. The molecule has 0 bridgehead atoms. The van der Waals surface area contributed by atoms with Crippen LogP contribution in [0.2, 0.25) is 0 Å². The minimum atomic E-state index is -0.269. The molecule has 1 amide bonds. The maximum absolute atomic E-state index is 12.1. The molecule has 0 saturated carbocycles. The number of rotatable bonds is 7. The van der Waals surface area contributed by atoms with Crippen LogP contribution in [0.25, 0.3) is 0 Å². The molecule has 1 unspecified atom stereocenters. The Balaban J connectivity index is 1.51. The molecule has 0 spiro atoms. The van der Waals surface area contributed by atoms with Gasteiger partial charge in [0.1, 0.15) is 0 Å². The fourth-order valence-electron chi connectivity index (χ4n) is 2.69. The van der Waals surface area contributed by atoms with Crippen molar-refractivity contribution in [1.82, 2.24) is 10.6 Å². The van der Waals surface area contributed by atoms with Gasteiger partial charge in [-0.3, -0.25) is 9.79 Å². The number of furan rings is 1. The first-order valence-electron chi connectivity index (χ1n) is 9.06. The van der Waals surface area contributed by atoms with Crippen molar-refractivity contribution in [2.75, 3.05) is 18.9 Å². The second-order valence-corrected chi connectivity index (χ2v) is 7.18. The highest BCUT2D eigenvalue weighted by Crippen LogP contribution is 2.17. The van der Waals surface area contributed by atoms with Gasteiger partial charge < -0.3 is 20.4 Å². The summed E-state index contributed by atoms with van der Waals surface area (Å²) < 4.78 is 5.12. The highest BCUT2D eigenvalue weighted by molar-refractivity contribution is 7.07. The molecule has 2 heterocycles. The summed E-state index contributed by atoms with van der Waals surface area (Å²) in [4.78, 5) is 16.4. The first-order valence-corrected chi connectivity index (χ1v) is 10.0. The molecular weight excluding hydrogens is 372 g/mol. The summed E-state index contributed by atoms with van der Waals surface area (Å²) in [5, 5.41) is 13.8. The van der Waals surface area contributed by atoms with E-state index in [9.17, 15) is 4.79 Å². The van der Waals surface area contributed by atoms with Crippen LogP contribution in [0.1, 0.15) is 34.5 Å². The minimum absolute atomic E-state index is 0.269. The summed E-state index contributed by atoms with van der Waals surface area (Å²) >= 11 is 1.71. The Morgan fingerprint density at radius 2 is 2.11 bits per heavy atom. The third-order valence-electron chi connectivity index (χ3n) is 4.30. The van der Waals surface area contributed by atoms with Crippen molar-refractivity contribution in [1.29, 1.82) is 0 Å². The van der Waals surface area contributed by atoms with Crippen molar-refractivity contribution in [3.8, 4) is 0 Å². The van der Waals surface area contributed by atoms with Gasteiger partial charge in [0.15, 0.2) is 11.7 Å². The largest absolute Gasteiger partial charge is 0.459 e. The lowest BCUT2D eigenvalue weighted by molar-refractivity contribution is 0.0996. The van der Waals surface area contributed by atoms with Crippen molar-refractivity contribution < 1.29 is 9.21 Å². The number of amides is 1. The summed E-state index contributed by atoms with van der Waals surface area (Å²) in [5.41, 5.74) is 3.08. The van der Waals surface area contributed by atoms with E-state index in [0.717, 1.165) is 23.8 Å². The number of carbonyl (C=O) groups is 1. The Kier molecular flexibility index (Phi) is 6.86. The van der Waals surface area contributed by atoms with Crippen LogP contribution >= 0.6 is 11.3 Å². The molecule has 1 aromatic carbocycles. The number of anilines is 1. The predicted octanol–water partition coefficient (Wildman–Crippen LogP) is 4.06. The summed E-state index contributed by atoms with van der Waals surface area (Å²) in [7, 11) is 1.75. The maximum Gasteiger partial charge on any atom is 0.291 e. The Morgan fingerprint density at radius 3 is 2.82 bits per heavy atom. The zero-order chi connectivity index (χ0) is 19.8. The average Bonchev–Trinajstić information content (AvgIpc) is 3.42. The number of hydrogen-bond donors (Lipinski definition) is 3.